The second-order valence-electron chi connectivity index (χ2n) is 4.60. The molecule has 0 spiro atoms. The smallest absolute Gasteiger partial charge is 0.269 e. The number of fused-ring (bicyclic) bond motifs is 1. The first-order chi connectivity index (χ1) is 10.5. The third kappa shape index (κ3) is 3.09. The zero-order chi connectivity index (χ0) is 15.7. The molecule has 2 aromatic carbocycles. The number of benzene rings is 2. The zero-order valence-electron chi connectivity index (χ0n) is 11.1. The Labute approximate surface area is 141 Å². The molecule has 0 fully saturated rings. The minimum Gasteiger partial charge on any atom is -0.485 e. The molecule has 7 heteroatoms. The SMILES string of the molecule is O=C(Nc1cc(Cl)c(Cl)cc1Cl)C1COc2ccccc2O1. The Morgan fingerprint density at radius 1 is 1.05 bits per heavy atom. The number of anilines is 1. The molecule has 1 unspecified atom stereocenters. The van der Waals surface area contributed by atoms with E-state index in [4.69, 9.17) is 44.3 Å². The first-order valence-corrected chi connectivity index (χ1v) is 7.52. The third-order valence-electron chi connectivity index (χ3n) is 3.07. The average molecular weight is 359 g/mol. The van der Waals surface area contributed by atoms with Crippen molar-refractivity contribution in [3.05, 3.63) is 51.5 Å². The van der Waals surface area contributed by atoms with Crippen LogP contribution in [0.1, 0.15) is 0 Å². The number of nitrogens with one attached hydrogen (secondary N) is 1. The van der Waals surface area contributed by atoms with Crippen LogP contribution in [0.5, 0.6) is 11.5 Å². The van der Waals surface area contributed by atoms with Crippen LogP contribution in [0.2, 0.25) is 15.1 Å². The number of amides is 1. The molecule has 0 aromatic heterocycles. The number of halogens is 3. The summed E-state index contributed by atoms with van der Waals surface area (Å²) in [6, 6.07) is 10.1. The topological polar surface area (TPSA) is 47.6 Å². The molecule has 0 radical (unpaired) electrons. The summed E-state index contributed by atoms with van der Waals surface area (Å²) >= 11 is 17.8. The molecule has 4 nitrogen and oxygen atoms in total. The van der Waals surface area contributed by atoms with Crippen LogP contribution in [-0.2, 0) is 4.79 Å². The lowest BCUT2D eigenvalue weighted by atomic mass is 10.2. The first kappa shape index (κ1) is 15.3. The first-order valence-electron chi connectivity index (χ1n) is 6.38. The third-order valence-corrected chi connectivity index (χ3v) is 4.10. The van der Waals surface area contributed by atoms with Gasteiger partial charge in [0.05, 0.1) is 20.8 Å². The average Bonchev–Trinajstić information content (AvgIpc) is 2.52. The maximum Gasteiger partial charge on any atom is 0.269 e. The zero-order valence-corrected chi connectivity index (χ0v) is 13.4. The number of rotatable bonds is 2. The predicted octanol–water partition coefficient (Wildman–Crippen LogP) is 4.43. The minimum atomic E-state index is -0.777. The van der Waals surface area contributed by atoms with Gasteiger partial charge in [0.1, 0.15) is 6.61 Å². The number of carbonyl (C=O) groups is 1. The van der Waals surface area contributed by atoms with Crippen LogP contribution in [0.3, 0.4) is 0 Å². The van der Waals surface area contributed by atoms with Gasteiger partial charge in [0.25, 0.3) is 5.91 Å². The van der Waals surface area contributed by atoms with Crippen LogP contribution in [0, 0.1) is 0 Å². The van der Waals surface area contributed by atoms with Gasteiger partial charge in [-0.1, -0.05) is 46.9 Å². The molecule has 0 saturated heterocycles. The van der Waals surface area contributed by atoms with Crippen molar-refractivity contribution in [3.63, 3.8) is 0 Å². The fraction of sp³-hybridized carbons (Fsp3) is 0.133. The second-order valence-corrected chi connectivity index (χ2v) is 5.82. The molecule has 1 amide bonds. The van der Waals surface area contributed by atoms with Crippen LogP contribution >= 0.6 is 34.8 Å². The van der Waals surface area contributed by atoms with E-state index in [9.17, 15) is 4.79 Å². The molecule has 1 atom stereocenters. The van der Waals surface area contributed by atoms with E-state index in [2.05, 4.69) is 5.32 Å². The van der Waals surface area contributed by atoms with Gasteiger partial charge in [0.2, 0.25) is 6.10 Å². The molecule has 0 bridgehead atoms. The molecular weight excluding hydrogens is 349 g/mol. The Morgan fingerprint density at radius 2 is 1.73 bits per heavy atom. The van der Waals surface area contributed by atoms with Crippen molar-refractivity contribution in [2.75, 3.05) is 11.9 Å². The van der Waals surface area contributed by atoms with Crippen molar-refractivity contribution in [2.24, 2.45) is 0 Å². The minimum absolute atomic E-state index is 0.113. The highest BCUT2D eigenvalue weighted by Gasteiger charge is 2.27. The number of hydrogen-bond acceptors (Lipinski definition) is 3. The van der Waals surface area contributed by atoms with E-state index in [1.165, 1.54) is 12.1 Å². The van der Waals surface area contributed by atoms with Crippen molar-refractivity contribution in [3.8, 4) is 11.5 Å². The summed E-state index contributed by atoms with van der Waals surface area (Å²) in [6.07, 6.45) is -0.777. The number of para-hydroxylation sites is 2. The van der Waals surface area contributed by atoms with Gasteiger partial charge < -0.3 is 14.8 Å². The van der Waals surface area contributed by atoms with E-state index < -0.39 is 6.10 Å². The van der Waals surface area contributed by atoms with Gasteiger partial charge in [0.15, 0.2) is 11.5 Å². The number of hydrogen-bond donors (Lipinski definition) is 1. The van der Waals surface area contributed by atoms with Gasteiger partial charge in [0, 0.05) is 0 Å². The maximum absolute atomic E-state index is 12.3. The lowest BCUT2D eigenvalue weighted by Gasteiger charge is -2.25. The Kier molecular flexibility index (Phi) is 4.34. The van der Waals surface area contributed by atoms with Crippen LogP contribution in [-0.4, -0.2) is 18.6 Å². The predicted molar refractivity (Wildman–Crippen MR) is 86.5 cm³/mol. The van der Waals surface area contributed by atoms with Crippen LogP contribution in [0.15, 0.2) is 36.4 Å². The Bertz CT molecular complexity index is 736. The Hall–Kier alpha value is -1.62. The van der Waals surface area contributed by atoms with E-state index >= 15 is 0 Å². The van der Waals surface area contributed by atoms with E-state index in [1.807, 2.05) is 6.07 Å². The molecule has 22 heavy (non-hydrogen) atoms. The summed E-state index contributed by atoms with van der Waals surface area (Å²) < 4.78 is 11.1. The monoisotopic (exact) mass is 357 g/mol. The quantitative estimate of drug-likeness (QED) is 0.808. The van der Waals surface area contributed by atoms with E-state index in [0.29, 0.717) is 32.3 Å². The lowest BCUT2D eigenvalue weighted by Crippen LogP contribution is -2.40. The van der Waals surface area contributed by atoms with Crippen LogP contribution in [0.4, 0.5) is 5.69 Å². The highest BCUT2D eigenvalue weighted by molar-refractivity contribution is 6.44. The van der Waals surface area contributed by atoms with E-state index in [1.54, 1.807) is 18.2 Å². The molecule has 1 N–H and O–H groups in total. The highest BCUT2D eigenvalue weighted by Crippen LogP contribution is 2.34. The Balaban J connectivity index is 1.75. The maximum atomic E-state index is 12.3. The lowest BCUT2D eigenvalue weighted by molar-refractivity contribution is -0.125. The number of carbonyl (C=O) groups excluding carboxylic acids is 1. The van der Waals surface area contributed by atoms with Gasteiger partial charge in [-0.15, -0.1) is 0 Å². The summed E-state index contributed by atoms with van der Waals surface area (Å²) in [7, 11) is 0. The highest BCUT2D eigenvalue weighted by atomic mass is 35.5. The van der Waals surface area contributed by atoms with E-state index in [0.717, 1.165) is 0 Å². The molecule has 1 aliphatic rings. The van der Waals surface area contributed by atoms with Gasteiger partial charge in [-0.2, -0.15) is 0 Å². The molecular formula is C15H10Cl3NO3. The number of ether oxygens (including phenoxy) is 2. The second kappa shape index (κ2) is 6.24. The van der Waals surface area contributed by atoms with E-state index in [-0.39, 0.29) is 12.5 Å². The molecule has 1 heterocycles. The molecule has 0 aliphatic carbocycles. The summed E-state index contributed by atoms with van der Waals surface area (Å²) in [4.78, 5) is 12.3. The van der Waals surface area contributed by atoms with Crippen molar-refractivity contribution >= 4 is 46.4 Å². The van der Waals surface area contributed by atoms with Crippen molar-refractivity contribution in [1.82, 2.24) is 0 Å². The van der Waals surface area contributed by atoms with Crippen LogP contribution in [0.25, 0.3) is 0 Å². The molecule has 1 aliphatic heterocycles. The van der Waals surface area contributed by atoms with Gasteiger partial charge in [-0.25, -0.2) is 0 Å². The molecule has 114 valence electrons. The summed E-state index contributed by atoms with van der Waals surface area (Å²) in [5.41, 5.74) is 0.364. The summed E-state index contributed by atoms with van der Waals surface area (Å²) in [5, 5.41) is 3.57. The normalized spacial score (nSPS) is 16.2. The molecule has 2 aromatic rings. The van der Waals surface area contributed by atoms with Crippen molar-refractivity contribution in [1.29, 1.82) is 0 Å². The van der Waals surface area contributed by atoms with Crippen molar-refractivity contribution in [2.45, 2.75) is 6.10 Å². The fourth-order valence-corrected chi connectivity index (χ4v) is 2.57. The standard InChI is InChI=1S/C15H10Cl3NO3/c16-8-5-10(18)11(6-9(8)17)19-15(20)14-7-21-12-3-1-2-4-13(12)22-14/h1-6,14H,7H2,(H,19,20). The van der Waals surface area contributed by atoms with Gasteiger partial charge >= 0.3 is 0 Å². The summed E-state index contributed by atoms with van der Waals surface area (Å²) in [5.74, 6) is 0.753. The Morgan fingerprint density at radius 3 is 2.50 bits per heavy atom. The summed E-state index contributed by atoms with van der Waals surface area (Å²) in [6.45, 7) is 0.113. The molecule has 3 rings (SSSR count). The largest absolute Gasteiger partial charge is 0.485 e. The van der Waals surface area contributed by atoms with Gasteiger partial charge in [-0.05, 0) is 24.3 Å². The van der Waals surface area contributed by atoms with Crippen LogP contribution < -0.4 is 14.8 Å². The fourth-order valence-electron chi connectivity index (χ4n) is 1.98. The molecule has 0 saturated carbocycles. The van der Waals surface area contributed by atoms with Crippen molar-refractivity contribution < 1.29 is 14.3 Å². The van der Waals surface area contributed by atoms with Gasteiger partial charge in [-0.3, -0.25) is 4.79 Å².